The summed E-state index contributed by atoms with van der Waals surface area (Å²) in [5.74, 6) is -1.65. The molecule has 0 unspecified atom stereocenters. The van der Waals surface area contributed by atoms with Crippen LogP contribution in [0, 0.1) is 6.92 Å². The number of amides is 1. The molecule has 1 aromatic rings. The van der Waals surface area contributed by atoms with Crippen molar-refractivity contribution < 1.29 is 19.8 Å². The van der Waals surface area contributed by atoms with Crippen LogP contribution in [0.1, 0.15) is 21.9 Å². The molecule has 1 rings (SSSR count). The smallest absolute Gasteiger partial charge is 0.332 e. The Morgan fingerprint density at radius 2 is 2.31 bits per heavy atom. The number of nitrogens with zero attached hydrogens (tertiary/aromatic N) is 1. The summed E-state index contributed by atoms with van der Waals surface area (Å²) in [6, 6.07) is 0. The number of carboxylic acid groups (broad SMARTS) is 1. The predicted molar refractivity (Wildman–Crippen MR) is 57.4 cm³/mol. The van der Waals surface area contributed by atoms with Gasteiger partial charge in [-0.3, -0.25) is 4.79 Å². The number of thiazole rings is 1. The number of carbonyl (C=O) groups is 2. The molecule has 0 aliphatic carbocycles. The van der Waals surface area contributed by atoms with Crippen LogP contribution in [-0.4, -0.2) is 39.7 Å². The Morgan fingerprint density at radius 1 is 1.62 bits per heavy atom. The van der Waals surface area contributed by atoms with Crippen LogP contribution in [0.3, 0.4) is 0 Å². The fourth-order valence-corrected chi connectivity index (χ4v) is 1.60. The van der Waals surface area contributed by atoms with E-state index in [1.54, 1.807) is 12.3 Å². The fraction of sp³-hybridized carbons (Fsp3) is 0.444. The van der Waals surface area contributed by atoms with Crippen molar-refractivity contribution in [2.45, 2.75) is 19.4 Å². The van der Waals surface area contributed by atoms with Crippen molar-refractivity contribution in [2.75, 3.05) is 6.54 Å². The number of aliphatic carboxylic acids is 1. The zero-order valence-corrected chi connectivity index (χ0v) is 9.45. The summed E-state index contributed by atoms with van der Waals surface area (Å²) in [5, 5.41) is 22.2. The molecule has 0 aliphatic rings. The molecule has 0 aliphatic heterocycles. The van der Waals surface area contributed by atoms with Gasteiger partial charge in [0.2, 0.25) is 0 Å². The Hall–Kier alpha value is -1.47. The molecule has 7 heteroatoms. The monoisotopic (exact) mass is 244 g/mol. The zero-order chi connectivity index (χ0) is 12.1. The maximum Gasteiger partial charge on any atom is 0.332 e. The van der Waals surface area contributed by atoms with Crippen molar-refractivity contribution >= 4 is 23.2 Å². The number of nitrogens with one attached hydrogen (secondary N) is 1. The van der Waals surface area contributed by atoms with Gasteiger partial charge in [-0.2, -0.15) is 0 Å². The highest BCUT2D eigenvalue weighted by Crippen LogP contribution is 2.07. The van der Waals surface area contributed by atoms with E-state index in [1.807, 2.05) is 0 Å². The standard InChI is InChI=1S/C9H12N2O4S/c1-5-11-6(4-16-5)8(13)10-3-2-7(12)9(14)15/h4,7,12H,2-3H2,1H3,(H,10,13)(H,14,15)/t7-/m0/s1. The summed E-state index contributed by atoms with van der Waals surface area (Å²) in [7, 11) is 0. The van der Waals surface area contributed by atoms with E-state index >= 15 is 0 Å². The lowest BCUT2D eigenvalue weighted by Crippen LogP contribution is -2.30. The summed E-state index contributed by atoms with van der Waals surface area (Å²) in [6.07, 6.45) is -1.47. The first kappa shape index (κ1) is 12.6. The molecule has 0 radical (unpaired) electrons. The van der Waals surface area contributed by atoms with Crippen LogP contribution in [0.25, 0.3) is 0 Å². The lowest BCUT2D eigenvalue weighted by Gasteiger charge is -2.05. The molecule has 1 atom stereocenters. The van der Waals surface area contributed by atoms with Crippen LogP contribution in [0.15, 0.2) is 5.38 Å². The fourth-order valence-electron chi connectivity index (χ4n) is 1.00. The highest BCUT2D eigenvalue weighted by atomic mass is 32.1. The minimum atomic E-state index is -1.45. The SMILES string of the molecule is Cc1nc(C(=O)NCC[C@H](O)C(=O)O)cs1. The molecular formula is C9H12N2O4S. The normalized spacial score (nSPS) is 12.1. The Bertz CT molecular complexity index is 391. The molecule has 6 nitrogen and oxygen atoms in total. The van der Waals surface area contributed by atoms with Gasteiger partial charge in [0.05, 0.1) is 5.01 Å². The largest absolute Gasteiger partial charge is 0.479 e. The molecule has 1 heterocycles. The first-order valence-electron chi connectivity index (χ1n) is 4.62. The molecule has 3 N–H and O–H groups in total. The number of aliphatic hydroxyl groups excluding tert-OH is 1. The summed E-state index contributed by atoms with van der Waals surface area (Å²) in [4.78, 5) is 25.7. The summed E-state index contributed by atoms with van der Waals surface area (Å²) < 4.78 is 0. The van der Waals surface area contributed by atoms with Crippen LogP contribution in [0.2, 0.25) is 0 Å². The minimum Gasteiger partial charge on any atom is -0.479 e. The number of aromatic nitrogens is 1. The maximum absolute atomic E-state index is 11.4. The van der Waals surface area contributed by atoms with Crippen LogP contribution < -0.4 is 5.32 Å². The third-order valence-corrected chi connectivity index (χ3v) is 2.61. The van der Waals surface area contributed by atoms with E-state index in [2.05, 4.69) is 10.3 Å². The van der Waals surface area contributed by atoms with Gasteiger partial charge in [-0.05, 0) is 6.92 Å². The highest BCUT2D eigenvalue weighted by Gasteiger charge is 2.14. The summed E-state index contributed by atoms with van der Waals surface area (Å²) in [6.45, 7) is 1.89. The molecule has 0 aromatic carbocycles. The minimum absolute atomic E-state index is 0.0236. The molecule has 0 fully saturated rings. The van der Waals surface area contributed by atoms with Gasteiger partial charge in [-0.15, -0.1) is 11.3 Å². The van der Waals surface area contributed by atoms with Crippen LogP contribution in [0.4, 0.5) is 0 Å². The third-order valence-electron chi connectivity index (χ3n) is 1.84. The number of rotatable bonds is 5. The molecule has 0 bridgehead atoms. The molecule has 0 saturated heterocycles. The number of aliphatic hydroxyl groups is 1. The second-order valence-corrected chi connectivity index (χ2v) is 4.21. The number of carbonyl (C=O) groups excluding carboxylic acids is 1. The molecular weight excluding hydrogens is 232 g/mol. The van der Waals surface area contributed by atoms with E-state index in [-0.39, 0.29) is 18.9 Å². The van der Waals surface area contributed by atoms with Gasteiger partial charge >= 0.3 is 5.97 Å². The van der Waals surface area contributed by atoms with Crippen molar-refractivity contribution in [3.63, 3.8) is 0 Å². The molecule has 1 amide bonds. The average molecular weight is 244 g/mol. The average Bonchev–Trinajstić information content (AvgIpc) is 2.64. The second-order valence-electron chi connectivity index (χ2n) is 3.15. The van der Waals surface area contributed by atoms with E-state index in [0.717, 1.165) is 5.01 Å². The van der Waals surface area contributed by atoms with Gasteiger partial charge in [-0.25, -0.2) is 9.78 Å². The maximum atomic E-state index is 11.4. The van der Waals surface area contributed by atoms with E-state index in [4.69, 9.17) is 10.2 Å². The number of aryl methyl sites for hydroxylation is 1. The van der Waals surface area contributed by atoms with E-state index in [1.165, 1.54) is 11.3 Å². The summed E-state index contributed by atoms with van der Waals surface area (Å²) >= 11 is 1.36. The Labute approximate surface area is 95.9 Å². The van der Waals surface area contributed by atoms with Crippen molar-refractivity contribution in [3.8, 4) is 0 Å². The van der Waals surface area contributed by atoms with Crippen LogP contribution in [0.5, 0.6) is 0 Å². The Morgan fingerprint density at radius 3 is 2.81 bits per heavy atom. The third kappa shape index (κ3) is 3.59. The molecule has 88 valence electrons. The Kier molecular flexibility index (Phi) is 4.39. The van der Waals surface area contributed by atoms with Gasteiger partial charge < -0.3 is 15.5 Å². The second kappa shape index (κ2) is 5.57. The lowest BCUT2D eigenvalue weighted by molar-refractivity contribution is -0.146. The Balaban J connectivity index is 2.34. The zero-order valence-electron chi connectivity index (χ0n) is 8.64. The van der Waals surface area contributed by atoms with E-state index in [0.29, 0.717) is 5.69 Å². The van der Waals surface area contributed by atoms with Crippen LogP contribution in [-0.2, 0) is 4.79 Å². The molecule has 0 spiro atoms. The van der Waals surface area contributed by atoms with E-state index < -0.39 is 12.1 Å². The van der Waals surface area contributed by atoms with Crippen molar-refractivity contribution in [2.24, 2.45) is 0 Å². The quantitative estimate of drug-likeness (QED) is 0.678. The van der Waals surface area contributed by atoms with Crippen molar-refractivity contribution in [3.05, 3.63) is 16.1 Å². The van der Waals surface area contributed by atoms with Crippen molar-refractivity contribution in [1.82, 2.24) is 10.3 Å². The predicted octanol–water partition coefficient (Wildman–Crippen LogP) is 0.0169. The number of hydrogen-bond acceptors (Lipinski definition) is 5. The highest BCUT2D eigenvalue weighted by molar-refractivity contribution is 7.09. The van der Waals surface area contributed by atoms with Crippen LogP contribution >= 0.6 is 11.3 Å². The van der Waals surface area contributed by atoms with Gasteiger partial charge in [0, 0.05) is 18.3 Å². The first-order valence-corrected chi connectivity index (χ1v) is 5.50. The number of hydrogen-bond donors (Lipinski definition) is 3. The lowest BCUT2D eigenvalue weighted by atomic mass is 10.2. The number of carboxylic acids is 1. The van der Waals surface area contributed by atoms with Gasteiger partial charge in [-0.1, -0.05) is 0 Å². The topological polar surface area (TPSA) is 99.5 Å². The molecule has 16 heavy (non-hydrogen) atoms. The molecule has 0 saturated carbocycles. The summed E-state index contributed by atoms with van der Waals surface area (Å²) in [5.41, 5.74) is 0.312. The van der Waals surface area contributed by atoms with Gasteiger partial charge in [0.1, 0.15) is 5.69 Å². The van der Waals surface area contributed by atoms with Crippen molar-refractivity contribution in [1.29, 1.82) is 0 Å². The van der Waals surface area contributed by atoms with Gasteiger partial charge in [0.15, 0.2) is 6.10 Å². The van der Waals surface area contributed by atoms with Gasteiger partial charge in [0.25, 0.3) is 5.91 Å². The van der Waals surface area contributed by atoms with E-state index in [9.17, 15) is 9.59 Å². The first-order chi connectivity index (χ1) is 7.50. The molecule has 1 aromatic heterocycles.